The summed E-state index contributed by atoms with van der Waals surface area (Å²) < 4.78 is 11.9. The summed E-state index contributed by atoms with van der Waals surface area (Å²) in [6.45, 7) is 10.4. The van der Waals surface area contributed by atoms with E-state index in [2.05, 4.69) is 58.9 Å². The van der Waals surface area contributed by atoms with Crippen LogP contribution in [-0.4, -0.2) is 11.2 Å². The maximum atomic E-state index is 5.97. The number of benzene rings is 1. The van der Waals surface area contributed by atoms with Gasteiger partial charge >= 0.3 is 0 Å². The molecule has 0 aliphatic carbocycles. The highest BCUT2D eigenvalue weighted by Crippen LogP contribution is 2.44. The summed E-state index contributed by atoms with van der Waals surface area (Å²) in [7, 11) is 0. The zero-order chi connectivity index (χ0) is 12.0. The van der Waals surface area contributed by atoms with Crippen LogP contribution in [0.15, 0.2) is 24.3 Å². The summed E-state index contributed by atoms with van der Waals surface area (Å²) in [4.78, 5) is 0. The molecule has 1 fully saturated rings. The second-order valence-corrected chi connectivity index (χ2v) is 5.50. The molecule has 0 aromatic heterocycles. The van der Waals surface area contributed by atoms with Crippen molar-refractivity contribution >= 4 is 0 Å². The van der Waals surface area contributed by atoms with Crippen LogP contribution < -0.4 is 0 Å². The number of aryl methyl sites for hydroxylation is 1. The van der Waals surface area contributed by atoms with Crippen molar-refractivity contribution in [2.45, 2.75) is 52.1 Å². The van der Waals surface area contributed by atoms with Gasteiger partial charge in [0, 0.05) is 5.56 Å². The van der Waals surface area contributed by atoms with Gasteiger partial charge in [-0.05, 0) is 34.6 Å². The highest BCUT2D eigenvalue weighted by molar-refractivity contribution is 5.23. The summed E-state index contributed by atoms with van der Waals surface area (Å²) in [6.07, 6.45) is -0.245. The van der Waals surface area contributed by atoms with E-state index in [4.69, 9.17) is 9.47 Å². The van der Waals surface area contributed by atoms with Crippen LogP contribution >= 0.6 is 0 Å². The summed E-state index contributed by atoms with van der Waals surface area (Å²) in [5.41, 5.74) is 1.81. The third kappa shape index (κ3) is 1.87. The smallest absolute Gasteiger partial charge is 0.185 e. The predicted octanol–water partition coefficient (Wildman–Crippen LogP) is 3.60. The first-order valence-corrected chi connectivity index (χ1v) is 5.74. The second-order valence-electron chi connectivity index (χ2n) is 5.50. The summed E-state index contributed by atoms with van der Waals surface area (Å²) in [5.74, 6) is 0. The second kappa shape index (κ2) is 3.57. The minimum absolute atomic E-state index is 0.245. The first kappa shape index (κ1) is 11.6. The number of hydrogen-bond donors (Lipinski definition) is 0. The van der Waals surface area contributed by atoms with Crippen molar-refractivity contribution in [3.63, 3.8) is 0 Å². The van der Waals surface area contributed by atoms with Crippen molar-refractivity contribution < 1.29 is 9.47 Å². The molecule has 2 rings (SSSR count). The Balaban J connectivity index is 2.23. The number of hydrogen-bond acceptors (Lipinski definition) is 2. The molecule has 16 heavy (non-hydrogen) atoms. The van der Waals surface area contributed by atoms with Gasteiger partial charge in [0.15, 0.2) is 6.29 Å². The standard InChI is InChI=1S/C14H20O2/c1-10-6-8-11(9-7-10)12-15-13(2,3)14(4,5)16-12/h6-9,12H,1-5H3. The van der Waals surface area contributed by atoms with Crippen LogP contribution in [0.2, 0.25) is 0 Å². The Morgan fingerprint density at radius 2 is 1.31 bits per heavy atom. The van der Waals surface area contributed by atoms with E-state index in [1.807, 2.05) is 0 Å². The first-order chi connectivity index (χ1) is 7.32. The van der Waals surface area contributed by atoms with Gasteiger partial charge in [-0.1, -0.05) is 29.8 Å². The predicted molar refractivity (Wildman–Crippen MR) is 64.2 cm³/mol. The van der Waals surface area contributed by atoms with E-state index in [0.717, 1.165) is 5.56 Å². The molecule has 0 atom stereocenters. The molecule has 0 bridgehead atoms. The average Bonchev–Trinajstić information content (AvgIpc) is 2.37. The highest BCUT2D eigenvalue weighted by atomic mass is 16.7. The molecule has 0 unspecified atom stereocenters. The normalized spacial score (nSPS) is 23.6. The van der Waals surface area contributed by atoms with Gasteiger partial charge in [-0.2, -0.15) is 0 Å². The van der Waals surface area contributed by atoms with E-state index >= 15 is 0 Å². The third-order valence-electron chi connectivity index (χ3n) is 3.60. The fourth-order valence-corrected chi connectivity index (χ4v) is 1.70. The van der Waals surface area contributed by atoms with Crippen molar-refractivity contribution in [3.8, 4) is 0 Å². The van der Waals surface area contributed by atoms with Gasteiger partial charge in [-0.3, -0.25) is 0 Å². The lowest BCUT2D eigenvalue weighted by molar-refractivity contribution is -0.0895. The van der Waals surface area contributed by atoms with E-state index in [-0.39, 0.29) is 17.5 Å². The zero-order valence-electron chi connectivity index (χ0n) is 10.7. The molecule has 1 saturated heterocycles. The van der Waals surface area contributed by atoms with Gasteiger partial charge < -0.3 is 9.47 Å². The average molecular weight is 220 g/mol. The van der Waals surface area contributed by atoms with E-state index < -0.39 is 0 Å². The van der Waals surface area contributed by atoms with Crippen LogP contribution in [-0.2, 0) is 9.47 Å². The minimum Gasteiger partial charge on any atom is -0.339 e. The topological polar surface area (TPSA) is 18.5 Å². The van der Waals surface area contributed by atoms with Crippen LogP contribution in [0.25, 0.3) is 0 Å². The third-order valence-corrected chi connectivity index (χ3v) is 3.60. The minimum atomic E-state index is -0.261. The van der Waals surface area contributed by atoms with Gasteiger partial charge in [0.1, 0.15) is 0 Å². The Bertz CT molecular complexity index is 360. The monoisotopic (exact) mass is 220 g/mol. The van der Waals surface area contributed by atoms with Crippen molar-refractivity contribution in [1.82, 2.24) is 0 Å². The Hall–Kier alpha value is -0.860. The van der Waals surface area contributed by atoms with Gasteiger partial charge in [0.2, 0.25) is 0 Å². The fraction of sp³-hybridized carbons (Fsp3) is 0.571. The number of ether oxygens (including phenoxy) is 2. The van der Waals surface area contributed by atoms with Gasteiger partial charge in [-0.15, -0.1) is 0 Å². The van der Waals surface area contributed by atoms with E-state index in [1.54, 1.807) is 0 Å². The van der Waals surface area contributed by atoms with Crippen LogP contribution in [0.1, 0.15) is 45.1 Å². The molecule has 0 radical (unpaired) electrons. The molecular formula is C14H20O2. The molecule has 1 aromatic carbocycles. The fourth-order valence-electron chi connectivity index (χ4n) is 1.70. The molecule has 1 aliphatic rings. The zero-order valence-corrected chi connectivity index (χ0v) is 10.7. The Labute approximate surface area is 97.6 Å². The van der Waals surface area contributed by atoms with Crippen molar-refractivity contribution in [2.24, 2.45) is 0 Å². The molecule has 88 valence electrons. The Kier molecular flexibility index (Phi) is 2.59. The molecule has 1 aliphatic heterocycles. The molecule has 2 heteroatoms. The van der Waals surface area contributed by atoms with Crippen LogP contribution in [0.5, 0.6) is 0 Å². The molecule has 0 saturated carbocycles. The lowest BCUT2D eigenvalue weighted by Gasteiger charge is -2.30. The molecule has 1 aromatic rings. The lowest BCUT2D eigenvalue weighted by Crippen LogP contribution is -2.41. The molecule has 2 nitrogen and oxygen atoms in total. The van der Waals surface area contributed by atoms with Gasteiger partial charge in [-0.25, -0.2) is 0 Å². The molecule has 0 amide bonds. The molecule has 0 N–H and O–H groups in total. The van der Waals surface area contributed by atoms with Crippen LogP contribution in [0.3, 0.4) is 0 Å². The molecule has 1 heterocycles. The first-order valence-electron chi connectivity index (χ1n) is 5.74. The van der Waals surface area contributed by atoms with Crippen LogP contribution in [0, 0.1) is 6.92 Å². The maximum Gasteiger partial charge on any atom is 0.185 e. The Morgan fingerprint density at radius 3 is 1.75 bits per heavy atom. The largest absolute Gasteiger partial charge is 0.339 e. The Morgan fingerprint density at radius 1 is 0.875 bits per heavy atom. The quantitative estimate of drug-likeness (QED) is 0.720. The van der Waals surface area contributed by atoms with E-state index in [9.17, 15) is 0 Å². The van der Waals surface area contributed by atoms with Crippen LogP contribution in [0.4, 0.5) is 0 Å². The molecular weight excluding hydrogens is 200 g/mol. The lowest BCUT2D eigenvalue weighted by atomic mass is 9.90. The van der Waals surface area contributed by atoms with Gasteiger partial charge in [0.25, 0.3) is 0 Å². The molecule has 0 spiro atoms. The highest BCUT2D eigenvalue weighted by Gasteiger charge is 2.49. The maximum absolute atomic E-state index is 5.97. The van der Waals surface area contributed by atoms with Crippen molar-refractivity contribution in [1.29, 1.82) is 0 Å². The van der Waals surface area contributed by atoms with E-state index in [0.29, 0.717) is 0 Å². The summed E-state index contributed by atoms with van der Waals surface area (Å²) in [6, 6.07) is 8.30. The SMILES string of the molecule is Cc1ccc(C2OC(C)(C)C(C)(C)O2)cc1. The van der Waals surface area contributed by atoms with Crippen molar-refractivity contribution in [3.05, 3.63) is 35.4 Å². The number of rotatable bonds is 1. The summed E-state index contributed by atoms with van der Waals surface area (Å²) in [5, 5.41) is 0. The summed E-state index contributed by atoms with van der Waals surface area (Å²) >= 11 is 0. The van der Waals surface area contributed by atoms with Crippen molar-refractivity contribution in [2.75, 3.05) is 0 Å². The van der Waals surface area contributed by atoms with Gasteiger partial charge in [0.05, 0.1) is 11.2 Å². The van der Waals surface area contributed by atoms with E-state index in [1.165, 1.54) is 5.56 Å².